The van der Waals surface area contributed by atoms with Crippen LogP contribution in [-0.2, 0) is 4.79 Å². The molecule has 1 atom stereocenters. The second-order valence-corrected chi connectivity index (χ2v) is 4.19. The van der Waals surface area contributed by atoms with Crippen molar-refractivity contribution in [1.82, 2.24) is 4.90 Å². The van der Waals surface area contributed by atoms with Crippen molar-refractivity contribution in [1.29, 1.82) is 0 Å². The second-order valence-electron chi connectivity index (χ2n) is 4.19. The molecule has 5 nitrogen and oxygen atoms in total. The van der Waals surface area contributed by atoms with Gasteiger partial charge in [-0.05, 0) is 24.6 Å². The highest BCUT2D eigenvalue weighted by Gasteiger charge is 2.27. The lowest BCUT2D eigenvalue weighted by Gasteiger charge is -2.28. The number of nitrogens with zero attached hydrogens (tertiary/aromatic N) is 2. The highest BCUT2D eigenvalue weighted by Crippen LogP contribution is 2.16. The molecule has 0 aliphatic carbocycles. The Morgan fingerprint density at radius 1 is 1.37 bits per heavy atom. The Hall–Kier alpha value is -2.11. The maximum Gasteiger partial charge on any atom is 0.326 e. The minimum atomic E-state index is -1.06. The van der Waals surface area contributed by atoms with Crippen LogP contribution < -0.4 is 4.90 Å². The van der Waals surface area contributed by atoms with Crippen LogP contribution in [0, 0.1) is 5.82 Å². The Kier molecular flexibility index (Phi) is 4.86. The maximum atomic E-state index is 13.1. The molecule has 0 aliphatic heterocycles. The predicted octanol–water partition coefficient (Wildman–Crippen LogP) is 2.18. The first-order valence-electron chi connectivity index (χ1n) is 5.87. The van der Waals surface area contributed by atoms with Gasteiger partial charge in [-0.25, -0.2) is 14.0 Å². The van der Waals surface area contributed by atoms with Crippen molar-refractivity contribution < 1.29 is 19.1 Å². The average Bonchev–Trinajstić information content (AvgIpc) is 2.37. The highest BCUT2D eigenvalue weighted by atomic mass is 19.1. The van der Waals surface area contributed by atoms with E-state index >= 15 is 0 Å². The van der Waals surface area contributed by atoms with Crippen LogP contribution in [-0.4, -0.2) is 42.1 Å². The number of carboxylic acid groups (broad SMARTS) is 1. The van der Waals surface area contributed by atoms with Crippen LogP contribution >= 0.6 is 0 Å². The van der Waals surface area contributed by atoms with Crippen molar-refractivity contribution >= 4 is 17.7 Å². The number of anilines is 1. The second kappa shape index (κ2) is 6.17. The molecule has 0 spiro atoms. The van der Waals surface area contributed by atoms with Crippen molar-refractivity contribution in [3.8, 4) is 0 Å². The van der Waals surface area contributed by atoms with Gasteiger partial charge in [0.1, 0.15) is 11.9 Å². The van der Waals surface area contributed by atoms with Crippen molar-refractivity contribution in [2.75, 3.05) is 19.0 Å². The molecule has 104 valence electrons. The highest BCUT2D eigenvalue weighted by molar-refractivity contribution is 5.93. The number of halogens is 1. The number of likely N-dealkylation sites (N-methyl/N-ethyl adjacent to an activating group) is 1. The largest absolute Gasteiger partial charge is 0.480 e. The van der Waals surface area contributed by atoms with E-state index in [1.165, 1.54) is 37.2 Å². The fourth-order valence-electron chi connectivity index (χ4n) is 1.78. The molecule has 19 heavy (non-hydrogen) atoms. The third kappa shape index (κ3) is 3.43. The molecule has 0 saturated heterocycles. The Labute approximate surface area is 111 Å². The lowest BCUT2D eigenvalue weighted by Crippen LogP contribution is -2.47. The Morgan fingerprint density at radius 2 is 2.00 bits per heavy atom. The van der Waals surface area contributed by atoms with Crippen molar-refractivity contribution in [2.45, 2.75) is 19.4 Å². The normalized spacial score (nSPS) is 11.8. The van der Waals surface area contributed by atoms with E-state index in [0.717, 1.165) is 4.90 Å². The van der Waals surface area contributed by atoms with Gasteiger partial charge in [0, 0.05) is 19.8 Å². The van der Waals surface area contributed by atoms with E-state index in [1.807, 2.05) is 0 Å². The summed E-state index contributed by atoms with van der Waals surface area (Å²) in [5.41, 5.74) is 0.372. The Balaban J connectivity index is 2.90. The summed E-state index contributed by atoms with van der Waals surface area (Å²) in [6.45, 7) is 1.69. The average molecular weight is 268 g/mol. The number of aliphatic carboxylic acids is 1. The van der Waals surface area contributed by atoms with Gasteiger partial charge in [0.05, 0.1) is 0 Å². The zero-order valence-electron chi connectivity index (χ0n) is 11.1. The van der Waals surface area contributed by atoms with Crippen LogP contribution in [0.15, 0.2) is 24.3 Å². The maximum absolute atomic E-state index is 13.1. The minimum absolute atomic E-state index is 0.300. The predicted molar refractivity (Wildman–Crippen MR) is 69.7 cm³/mol. The Morgan fingerprint density at radius 3 is 2.47 bits per heavy atom. The summed E-state index contributed by atoms with van der Waals surface area (Å²) in [4.78, 5) is 25.5. The van der Waals surface area contributed by atoms with E-state index in [1.54, 1.807) is 13.0 Å². The number of benzene rings is 1. The number of carboxylic acids is 1. The molecule has 1 unspecified atom stereocenters. The zero-order valence-corrected chi connectivity index (χ0v) is 11.1. The van der Waals surface area contributed by atoms with E-state index in [-0.39, 0.29) is 0 Å². The zero-order chi connectivity index (χ0) is 14.6. The van der Waals surface area contributed by atoms with Crippen molar-refractivity contribution in [2.24, 2.45) is 0 Å². The summed E-state index contributed by atoms with van der Waals surface area (Å²) in [5, 5.41) is 9.02. The van der Waals surface area contributed by atoms with E-state index < -0.39 is 23.9 Å². The number of carbonyl (C=O) groups excluding carboxylic acids is 1. The molecule has 0 radical (unpaired) electrons. The molecule has 1 aromatic rings. The first-order chi connectivity index (χ1) is 8.88. The Bertz CT molecular complexity index is 479. The summed E-state index contributed by atoms with van der Waals surface area (Å²) >= 11 is 0. The molecular weight excluding hydrogens is 251 g/mol. The molecule has 6 heteroatoms. The van der Waals surface area contributed by atoms with Crippen LogP contribution in [0.25, 0.3) is 0 Å². The fourth-order valence-corrected chi connectivity index (χ4v) is 1.78. The van der Waals surface area contributed by atoms with Gasteiger partial charge >= 0.3 is 12.0 Å². The lowest BCUT2D eigenvalue weighted by atomic mass is 10.2. The summed E-state index contributed by atoms with van der Waals surface area (Å²) in [6, 6.07) is 4.16. The number of hydrogen-bond acceptors (Lipinski definition) is 2. The van der Waals surface area contributed by atoms with Gasteiger partial charge in [-0.3, -0.25) is 4.90 Å². The summed E-state index contributed by atoms with van der Waals surface area (Å²) in [6.07, 6.45) is 0.300. The van der Waals surface area contributed by atoms with Crippen LogP contribution in [0.2, 0.25) is 0 Å². The molecule has 2 amide bonds. The molecule has 0 fully saturated rings. The molecule has 0 aliphatic rings. The first-order valence-corrected chi connectivity index (χ1v) is 5.87. The topological polar surface area (TPSA) is 60.9 Å². The SMILES string of the molecule is CCC(C(=O)O)N(C)C(=O)N(C)c1cccc(F)c1. The molecule has 0 aromatic heterocycles. The minimum Gasteiger partial charge on any atom is -0.480 e. The summed E-state index contributed by atoms with van der Waals surface area (Å²) in [7, 11) is 2.89. The van der Waals surface area contributed by atoms with Gasteiger partial charge in [-0.1, -0.05) is 13.0 Å². The number of rotatable bonds is 4. The number of carbonyl (C=O) groups is 2. The van der Waals surface area contributed by atoms with Gasteiger partial charge in [-0.15, -0.1) is 0 Å². The summed E-state index contributed by atoms with van der Waals surface area (Å²) < 4.78 is 13.1. The summed E-state index contributed by atoms with van der Waals surface area (Å²) in [5.74, 6) is -1.52. The van der Waals surface area contributed by atoms with Crippen LogP contribution in [0.1, 0.15) is 13.3 Å². The molecule has 0 saturated carbocycles. The van der Waals surface area contributed by atoms with Gasteiger partial charge in [0.15, 0.2) is 0 Å². The van der Waals surface area contributed by atoms with E-state index in [4.69, 9.17) is 5.11 Å². The standard InChI is InChI=1S/C13H17FN2O3/c1-4-11(12(17)18)16(3)13(19)15(2)10-7-5-6-9(14)8-10/h5-8,11H,4H2,1-3H3,(H,17,18). The van der Waals surface area contributed by atoms with E-state index in [2.05, 4.69) is 0 Å². The molecule has 0 heterocycles. The van der Waals surface area contributed by atoms with Crippen LogP contribution in [0.3, 0.4) is 0 Å². The third-order valence-corrected chi connectivity index (χ3v) is 2.92. The molecule has 0 bridgehead atoms. The van der Waals surface area contributed by atoms with Crippen LogP contribution in [0.4, 0.5) is 14.9 Å². The number of urea groups is 1. The molecule has 1 rings (SSSR count). The fraction of sp³-hybridized carbons (Fsp3) is 0.385. The number of amides is 2. The van der Waals surface area contributed by atoms with Gasteiger partial charge in [0.2, 0.25) is 0 Å². The van der Waals surface area contributed by atoms with Crippen LogP contribution in [0.5, 0.6) is 0 Å². The lowest BCUT2D eigenvalue weighted by molar-refractivity contribution is -0.141. The van der Waals surface area contributed by atoms with Crippen molar-refractivity contribution in [3.05, 3.63) is 30.1 Å². The smallest absolute Gasteiger partial charge is 0.326 e. The quantitative estimate of drug-likeness (QED) is 0.910. The monoisotopic (exact) mass is 268 g/mol. The van der Waals surface area contributed by atoms with Gasteiger partial charge in [-0.2, -0.15) is 0 Å². The van der Waals surface area contributed by atoms with Crippen molar-refractivity contribution in [3.63, 3.8) is 0 Å². The molecule has 1 N–H and O–H groups in total. The first kappa shape index (κ1) is 14.9. The third-order valence-electron chi connectivity index (χ3n) is 2.92. The van der Waals surface area contributed by atoms with Gasteiger partial charge in [0.25, 0.3) is 0 Å². The number of hydrogen-bond donors (Lipinski definition) is 1. The molecular formula is C13H17FN2O3. The van der Waals surface area contributed by atoms with E-state index in [9.17, 15) is 14.0 Å². The molecule has 1 aromatic carbocycles. The van der Waals surface area contributed by atoms with Gasteiger partial charge < -0.3 is 10.0 Å². The van der Waals surface area contributed by atoms with E-state index in [0.29, 0.717) is 12.1 Å².